The second-order valence-electron chi connectivity index (χ2n) is 4.06. The predicted molar refractivity (Wildman–Crippen MR) is 70.2 cm³/mol. The molecule has 0 saturated carbocycles. The Kier molecular flexibility index (Phi) is 7.06. The van der Waals surface area contributed by atoms with Gasteiger partial charge in [0.15, 0.2) is 0 Å². The van der Waals surface area contributed by atoms with Crippen molar-refractivity contribution in [2.45, 2.75) is 26.1 Å². The topological polar surface area (TPSA) is 47.6 Å². The van der Waals surface area contributed by atoms with Crippen LogP contribution in [0.2, 0.25) is 0 Å². The Morgan fingerprint density at radius 2 is 2.06 bits per heavy atom. The summed E-state index contributed by atoms with van der Waals surface area (Å²) in [6.07, 6.45) is 0.407. The summed E-state index contributed by atoms with van der Waals surface area (Å²) >= 11 is 0. The molecule has 0 aliphatic heterocycles. The van der Waals surface area contributed by atoms with Gasteiger partial charge in [0.25, 0.3) is 0 Å². The molecule has 1 aromatic rings. The highest BCUT2D eigenvalue weighted by molar-refractivity contribution is 5.80. The van der Waals surface area contributed by atoms with Crippen LogP contribution in [0.3, 0.4) is 0 Å². The Labute approximate surface area is 108 Å². The molecular weight excluding hydrogens is 230 g/mol. The zero-order valence-electron chi connectivity index (χ0n) is 11.0. The molecule has 4 heteroatoms. The van der Waals surface area contributed by atoms with E-state index in [1.165, 1.54) is 7.11 Å². The van der Waals surface area contributed by atoms with Crippen molar-refractivity contribution in [1.29, 1.82) is 0 Å². The van der Waals surface area contributed by atoms with E-state index in [0.29, 0.717) is 19.8 Å². The first-order valence-electron chi connectivity index (χ1n) is 6.16. The fraction of sp³-hybridized carbons (Fsp3) is 0.500. The van der Waals surface area contributed by atoms with Crippen molar-refractivity contribution >= 4 is 5.91 Å². The Balaban J connectivity index is 2.01. The minimum Gasteiger partial charge on any atom is -0.377 e. The molecule has 0 spiro atoms. The number of benzene rings is 1. The van der Waals surface area contributed by atoms with E-state index in [0.717, 1.165) is 12.0 Å². The number of nitrogens with one attached hydrogen (secondary N) is 1. The van der Waals surface area contributed by atoms with E-state index < -0.39 is 6.10 Å². The predicted octanol–water partition coefficient (Wildman–Crippen LogP) is 1.74. The van der Waals surface area contributed by atoms with E-state index >= 15 is 0 Å². The zero-order chi connectivity index (χ0) is 13.2. The minimum atomic E-state index is -0.393. The summed E-state index contributed by atoms with van der Waals surface area (Å²) in [7, 11) is 1.52. The number of rotatable bonds is 8. The van der Waals surface area contributed by atoms with Crippen molar-refractivity contribution in [3.05, 3.63) is 35.9 Å². The quantitative estimate of drug-likeness (QED) is 0.716. The first-order chi connectivity index (χ1) is 8.74. The van der Waals surface area contributed by atoms with Crippen molar-refractivity contribution in [2.24, 2.45) is 0 Å². The standard InChI is InChI=1S/C14H21NO3/c1-12(17-2)14(16)15-9-6-10-18-11-13-7-4-3-5-8-13/h3-5,7-8,12H,6,9-11H2,1-2H3,(H,15,16). The number of amides is 1. The molecule has 100 valence electrons. The van der Waals surface area contributed by atoms with Crippen molar-refractivity contribution in [3.63, 3.8) is 0 Å². The van der Waals surface area contributed by atoms with Gasteiger partial charge in [0.05, 0.1) is 6.61 Å². The maximum Gasteiger partial charge on any atom is 0.248 e. The highest BCUT2D eigenvalue weighted by Crippen LogP contribution is 2.00. The third-order valence-corrected chi connectivity index (χ3v) is 2.60. The van der Waals surface area contributed by atoms with E-state index in [1.54, 1.807) is 6.92 Å². The summed E-state index contributed by atoms with van der Waals surface area (Å²) in [4.78, 5) is 11.4. The average molecular weight is 251 g/mol. The molecule has 0 bridgehead atoms. The Hall–Kier alpha value is -1.39. The van der Waals surface area contributed by atoms with Crippen LogP contribution < -0.4 is 5.32 Å². The molecule has 18 heavy (non-hydrogen) atoms. The summed E-state index contributed by atoms with van der Waals surface area (Å²) in [5, 5.41) is 2.79. The van der Waals surface area contributed by atoms with Gasteiger partial charge in [0, 0.05) is 20.3 Å². The van der Waals surface area contributed by atoms with E-state index in [9.17, 15) is 4.79 Å². The van der Waals surface area contributed by atoms with Crippen molar-refractivity contribution in [1.82, 2.24) is 5.32 Å². The number of carbonyl (C=O) groups excluding carboxylic acids is 1. The van der Waals surface area contributed by atoms with Crippen molar-refractivity contribution in [2.75, 3.05) is 20.3 Å². The normalized spacial score (nSPS) is 12.1. The molecule has 0 saturated heterocycles. The van der Waals surface area contributed by atoms with E-state index in [2.05, 4.69) is 5.32 Å². The largest absolute Gasteiger partial charge is 0.377 e. The maximum absolute atomic E-state index is 11.4. The van der Waals surface area contributed by atoms with Gasteiger partial charge in [0.1, 0.15) is 6.10 Å². The van der Waals surface area contributed by atoms with Gasteiger partial charge in [-0.2, -0.15) is 0 Å². The maximum atomic E-state index is 11.4. The lowest BCUT2D eigenvalue weighted by Crippen LogP contribution is -2.34. The third-order valence-electron chi connectivity index (χ3n) is 2.60. The minimum absolute atomic E-state index is 0.0828. The van der Waals surface area contributed by atoms with E-state index in [-0.39, 0.29) is 5.91 Å². The van der Waals surface area contributed by atoms with Gasteiger partial charge in [0.2, 0.25) is 5.91 Å². The van der Waals surface area contributed by atoms with Gasteiger partial charge in [-0.25, -0.2) is 0 Å². The van der Waals surface area contributed by atoms with Gasteiger partial charge >= 0.3 is 0 Å². The number of hydrogen-bond donors (Lipinski definition) is 1. The molecule has 1 rings (SSSR count). The summed E-state index contributed by atoms with van der Waals surface area (Å²) in [5.74, 6) is -0.0828. The number of ether oxygens (including phenoxy) is 2. The monoisotopic (exact) mass is 251 g/mol. The molecule has 0 aromatic heterocycles. The fourth-order valence-electron chi connectivity index (χ4n) is 1.40. The molecule has 0 aliphatic rings. The number of hydrogen-bond acceptors (Lipinski definition) is 3. The third kappa shape index (κ3) is 5.80. The SMILES string of the molecule is COC(C)C(=O)NCCCOCc1ccccc1. The molecule has 0 heterocycles. The van der Waals surface area contributed by atoms with Crippen LogP contribution in [-0.2, 0) is 20.9 Å². The molecule has 1 aromatic carbocycles. The zero-order valence-corrected chi connectivity index (χ0v) is 11.0. The lowest BCUT2D eigenvalue weighted by atomic mass is 10.2. The fourth-order valence-corrected chi connectivity index (χ4v) is 1.40. The Morgan fingerprint density at radius 3 is 2.72 bits per heavy atom. The van der Waals surface area contributed by atoms with Crippen molar-refractivity contribution in [3.8, 4) is 0 Å². The molecule has 1 atom stereocenters. The highest BCUT2D eigenvalue weighted by atomic mass is 16.5. The molecule has 4 nitrogen and oxygen atoms in total. The van der Waals surface area contributed by atoms with Gasteiger partial charge in [-0.05, 0) is 18.9 Å². The number of methoxy groups -OCH3 is 1. The molecule has 1 amide bonds. The molecule has 0 fully saturated rings. The summed E-state index contributed by atoms with van der Waals surface area (Å²) in [6.45, 7) is 3.59. The summed E-state index contributed by atoms with van der Waals surface area (Å²) < 4.78 is 10.4. The summed E-state index contributed by atoms with van der Waals surface area (Å²) in [5.41, 5.74) is 1.16. The first kappa shape index (κ1) is 14.7. The van der Waals surface area contributed by atoms with Crippen LogP contribution in [-0.4, -0.2) is 32.3 Å². The Morgan fingerprint density at radius 1 is 1.33 bits per heavy atom. The van der Waals surface area contributed by atoms with Crippen LogP contribution in [0.15, 0.2) is 30.3 Å². The van der Waals surface area contributed by atoms with Gasteiger partial charge in [-0.1, -0.05) is 30.3 Å². The van der Waals surface area contributed by atoms with Crippen LogP contribution in [0.4, 0.5) is 0 Å². The lowest BCUT2D eigenvalue weighted by Gasteiger charge is -2.10. The lowest BCUT2D eigenvalue weighted by molar-refractivity contribution is -0.130. The van der Waals surface area contributed by atoms with E-state index in [1.807, 2.05) is 30.3 Å². The second kappa shape index (κ2) is 8.66. The van der Waals surface area contributed by atoms with Crippen LogP contribution in [0, 0.1) is 0 Å². The Bertz CT molecular complexity index is 340. The molecular formula is C14H21NO3. The van der Waals surface area contributed by atoms with Crippen LogP contribution >= 0.6 is 0 Å². The first-order valence-corrected chi connectivity index (χ1v) is 6.16. The second-order valence-corrected chi connectivity index (χ2v) is 4.06. The van der Waals surface area contributed by atoms with Gasteiger partial charge < -0.3 is 14.8 Å². The van der Waals surface area contributed by atoms with Crippen LogP contribution in [0.1, 0.15) is 18.9 Å². The van der Waals surface area contributed by atoms with Gasteiger partial charge in [-0.3, -0.25) is 4.79 Å². The van der Waals surface area contributed by atoms with Crippen LogP contribution in [0.5, 0.6) is 0 Å². The smallest absolute Gasteiger partial charge is 0.248 e. The molecule has 0 aliphatic carbocycles. The van der Waals surface area contributed by atoms with Gasteiger partial charge in [-0.15, -0.1) is 0 Å². The number of carbonyl (C=O) groups is 1. The van der Waals surface area contributed by atoms with Crippen LogP contribution in [0.25, 0.3) is 0 Å². The molecule has 1 N–H and O–H groups in total. The van der Waals surface area contributed by atoms with E-state index in [4.69, 9.17) is 9.47 Å². The summed E-state index contributed by atoms with van der Waals surface area (Å²) in [6, 6.07) is 10.0. The molecule has 1 unspecified atom stereocenters. The molecule has 0 radical (unpaired) electrons. The average Bonchev–Trinajstić information content (AvgIpc) is 2.42. The highest BCUT2D eigenvalue weighted by Gasteiger charge is 2.09. The van der Waals surface area contributed by atoms with Crippen molar-refractivity contribution < 1.29 is 14.3 Å².